The van der Waals surface area contributed by atoms with Crippen molar-refractivity contribution in [3.8, 4) is 0 Å². The fraction of sp³-hybridized carbons (Fsp3) is 0.261. The molecule has 3 aromatic heterocycles. The molecule has 2 N–H and O–H groups in total. The van der Waals surface area contributed by atoms with Crippen LogP contribution in [0.25, 0.3) is 16.4 Å². The van der Waals surface area contributed by atoms with Gasteiger partial charge in [-0.05, 0) is 42.6 Å². The van der Waals surface area contributed by atoms with Crippen LogP contribution in [0.15, 0.2) is 53.5 Å². The maximum atomic E-state index is 12.9. The first kappa shape index (κ1) is 18.9. The summed E-state index contributed by atoms with van der Waals surface area (Å²) in [5, 5.41) is 3.80. The zero-order chi connectivity index (χ0) is 20.8. The topological polar surface area (TPSA) is 79.3 Å². The van der Waals surface area contributed by atoms with Crippen LogP contribution in [0, 0.1) is 6.92 Å². The first-order chi connectivity index (χ1) is 13.7. The fourth-order valence-electron chi connectivity index (χ4n) is 3.50. The molecule has 0 aliphatic carbocycles. The number of fused-ring (bicyclic) bond motifs is 2. The number of amides is 1. The summed E-state index contributed by atoms with van der Waals surface area (Å²) in [6, 6.07) is 13.4. The molecule has 29 heavy (non-hydrogen) atoms. The molecular weight excluding hydrogens is 364 g/mol. The van der Waals surface area contributed by atoms with Gasteiger partial charge in [-0.2, -0.15) is 0 Å². The number of carbonyl (C=O) groups excluding carboxylic acids is 1. The Morgan fingerprint density at radius 2 is 1.97 bits per heavy atom. The number of H-pyrrole nitrogens is 1. The largest absolute Gasteiger partial charge is 0.346 e. The lowest BCUT2D eigenvalue weighted by Crippen LogP contribution is -2.27. The Kier molecular flexibility index (Phi) is 4.49. The number of nitrogens with one attached hydrogen (secondary N) is 2. The molecule has 0 aliphatic heterocycles. The first-order valence-electron chi connectivity index (χ1n) is 9.62. The van der Waals surface area contributed by atoms with Crippen LogP contribution in [-0.2, 0) is 12.0 Å². The van der Waals surface area contributed by atoms with Gasteiger partial charge in [-0.25, -0.2) is 4.98 Å². The van der Waals surface area contributed by atoms with Gasteiger partial charge in [-0.15, -0.1) is 0 Å². The van der Waals surface area contributed by atoms with Crippen LogP contribution in [0.4, 0.5) is 0 Å². The summed E-state index contributed by atoms with van der Waals surface area (Å²) >= 11 is 0. The van der Waals surface area contributed by atoms with Gasteiger partial charge in [-0.3, -0.25) is 9.59 Å². The highest BCUT2D eigenvalue weighted by Crippen LogP contribution is 2.24. The second-order valence-corrected chi connectivity index (χ2v) is 8.39. The number of rotatable bonds is 3. The van der Waals surface area contributed by atoms with Gasteiger partial charge in [-0.1, -0.05) is 38.5 Å². The van der Waals surface area contributed by atoms with E-state index in [9.17, 15) is 9.59 Å². The van der Waals surface area contributed by atoms with E-state index in [-0.39, 0.29) is 23.4 Å². The number of aryl methyl sites for hydroxylation is 1. The molecule has 0 radical (unpaired) electrons. The molecule has 148 valence electrons. The summed E-state index contributed by atoms with van der Waals surface area (Å²) in [5.41, 5.74) is 3.10. The molecule has 0 fully saturated rings. The van der Waals surface area contributed by atoms with Gasteiger partial charge in [0.25, 0.3) is 11.5 Å². The number of aromatic amines is 1. The Morgan fingerprint density at radius 1 is 1.17 bits per heavy atom. The summed E-state index contributed by atoms with van der Waals surface area (Å²) in [4.78, 5) is 32.8. The van der Waals surface area contributed by atoms with Crippen molar-refractivity contribution in [1.29, 1.82) is 0 Å². The highest BCUT2D eigenvalue weighted by atomic mass is 16.2. The highest BCUT2D eigenvalue weighted by molar-refractivity contribution is 5.99. The lowest BCUT2D eigenvalue weighted by Gasteiger charge is -2.16. The lowest BCUT2D eigenvalue weighted by atomic mass is 9.96. The molecule has 3 heterocycles. The molecule has 4 aromatic rings. The van der Waals surface area contributed by atoms with Crippen LogP contribution >= 0.6 is 0 Å². The molecule has 6 nitrogen and oxygen atoms in total. The van der Waals surface area contributed by atoms with Crippen molar-refractivity contribution in [1.82, 2.24) is 19.7 Å². The number of hydrogen-bond donors (Lipinski definition) is 2. The maximum absolute atomic E-state index is 12.9. The number of benzene rings is 1. The lowest BCUT2D eigenvalue weighted by molar-refractivity contribution is 0.0948. The average Bonchev–Trinajstić information content (AvgIpc) is 3.06. The predicted octanol–water partition coefficient (Wildman–Crippen LogP) is 3.71. The van der Waals surface area contributed by atoms with Crippen LogP contribution in [-0.4, -0.2) is 20.3 Å². The van der Waals surface area contributed by atoms with E-state index in [1.54, 1.807) is 0 Å². The zero-order valence-electron chi connectivity index (χ0n) is 17.0. The van der Waals surface area contributed by atoms with Crippen molar-refractivity contribution >= 4 is 22.3 Å². The number of pyridine rings is 2. The van der Waals surface area contributed by atoms with Crippen LogP contribution in [0.1, 0.15) is 48.2 Å². The number of nitrogens with zero attached hydrogens (tertiary/aromatic N) is 2. The number of imidazole rings is 1. The predicted molar refractivity (Wildman–Crippen MR) is 114 cm³/mol. The van der Waals surface area contributed by atoms with E-state index in [0.29, 0.717) is 11.3 Å². The molecule has 0 saturated carbocycles. The van der Waals surface area contributed by atoms with Crippen molar-refractivity contribution in [3.63, 3.8) is 0 Å². The van der Waals surface area contributed by atoms with E-state index in [4.69, 9.17) is 0 Å². The van der Waals surface area contributed by atoms with E-state index in [1.807, 2.05) is 60.0 Å². The molecule has 0 bridgehead atoms. The molecule has 1 aromatic carbocycles. The minimum absolute atomic E-state index is 0.134. The Bertz CT molecular complexity index is 1290. The summed E-state index contributed by atoms with van der Waals surface area (Å²) in [6.07, 6.45) is 1.91. The second-order valence-electron chi connectivity index (χ2n) is 8.39. The van der Waals surface area contributed by atoms with Crippen molar-refractivity contribution in [2.75, 3.05) is 0 Å². The van der Waals surface area contributed by atoms with Crippen molar-refractivity contribution in [2.45, 2.75) is 39.7 Å². The van der Waals surface area contributed by atoms with Gasteiger partial charge < -0.3 is 14.7 Å². The molecule has 0 unspecified atom stereocenters. The van der Waals surface area contributed by atoms with E-state index >= 15 is 0 Å². The summed E-state index contributed by atoms with van der Waals surface area (Å²) < 4.78 is 1.94. The van der Waals surface area contributed by atoms with Crippen LogP contribution in [0.2, 0.25) is 0 Å². The van der Waals surface area contributed by atoms with E-state index in [1.165, 1.54) is 0 Å². The van der Waals surface area contributed by atoms with Crippen molar-refractivity contribution < 1.29 is 4.79 Å². The monoisotopic (exact) mass is 388 g/mol. The molecule has 0 spiro atoms. The number of hydrogen-bond acceptors (Lipinski definition) is 3. The van der Waals surface area contributed by atoms with Gasteiger partial charge in [0.05, 0.1) is 5.52 Å². The normalized spacial score (nSPS) is 11.9. The Labute approximate surface area is 168 Å². The minimum atomic E-state index is -0.298. The van der Waals surface area contributed by atoms with E-state index in [2.05, 4.69) is 36.1 Å². The van der Waals surface area contributed by atoms with Gasteiger partial charge in [0.2, 0.25) is 0 Å². The molecule has 0 aliphatic rings. The number of carbonyl (C=O) groups is 1. The summed E-state index contributed by atoms with van der Waals surface area (Å²) in [7, 11) is 0. The minimum Gasteiger partial charge on any atom is -0.346 e. The first-order valence-corrected chi connectivity index (χ1v) is 9.62. The Hall–Kier alpha value is -3.41. The fourth-order valence-corrected chi connectivity index (χ4v) is 3.50. The van der Waals surface area contributed by atoms with Crippen LogP contribution < -0.4 is 10.9 Å². The van der Waals surface area contributed by atoms with E-state index in [0.717, 1.165) is 27.8 Å². The average molecular weight is 388 g/mol. The van der Waals surface area contributed by atoms with Crippen LogP contribution in [0.5, 0.6) is 0 Å². The SMILES string of the molecule is Cc1ccc2[nH]c(=O)c(CNC(=O)c3nc(C(C)(C)C)n4ccccc34)cc2c1. The summed E-state index contributed by atoms with van der Waals surface area (Å²) in [6.45, 7) is 8.32. The second kappa shape index (κ2) is 6.88. The highest BCUT2D eigenvalue weighted by Gasteiger charge is 2.25. The summed E-state index contributed by atoms with van der Waals surface area (Å²) in [5.74, 6) is 0.519. The third kappa shape index (κ3) is 3.53. The van der Waals surface area contributed by atoms with Crippen LogP contribution in [0.3, 0.4) is 0 Å². The smallest absolute Gasteiger partial charge is 0.272 e. The van der Waals surface area contributed by atoms with Crippen molar-refractivity contribution in [2.24, 2.45) is 0 Å². The molecule has 6 heteroatoms. The third-order valence-corrected chi connectivity index (χ3v) is 4.95. The molecule has 0 atom stereocenters. The van der Waals surface area contributed by atoms with Crippen molar-refractivity contribution in [3.05, 3.63) is 81.7 Å². The molecule has 4 rings (SSSR count). The maximum Gasteiger partial charge on any atom is 0.272 e. The van der Waals surface area contributed by atoms with E-state index < -0.39 is 0 Å². The molecular formula is C23H24N4O2. The third-order valence-electron chi connectivity index (χ3n) is 4.95. The standard InChI is InChI=1S/C23H24N4O2/c1-14-8-9-17-15(11-14)12-16(20(28)25-17)13-24-21(29)19-18-7-5-6-10-27(18)22(26-19)23(2,3)4/h5-12H,13H2,1-4H3,(H,24,29)(H,25,28). The zero-order valence-corrected chi connectivity index (χ0v) is 17.0. The molecule has 1 amide bonds. The Balaban J connectivity index is 1.65. The van der Waals surface area contributed by atoms with Gasteiger partial charge in [0.1, 0.15) is 5.82 Å². The molecule has 0 saturated heterocycles. The quantitative estimate of drug-likeness (QED) is 0.561. The Morgan fingerprint density at radius 3 is 2.72 bits per heavy atom. The van der Waals surface area contributed by atoms with Gasteiger partial charge in [0.15, 0.2) is 5.69 Å². The van der Waals surface area contributed by atoms with Gasteiger partial charge >= 0.3 is 0 Å². The van der Waals surface area contributed by atoms with Gasteiger partial charge in [0, 0.05) is 29.2 Å². The number of aromatic nitrogens is 3.